The lowest BCUT2D eigenvalue weighted by Gasteiger charge is -2.14. The van der Waals surface area contributed by atoms with Crippen LogP contribution in [0.25, 0.3) is 11.1 Å². The summed E-state index contributed by atoms with van der Waals surface area (Å²) in [5.41, 5.74) is 0.0938. The van der Waals surface area contributed by atoms with Crippen molar-refractivity contribution in [2.75, 3.05) is 0 Å². The Morgan fingerprint density at radius 1 is 0.405 bits per heavy atom. The second kappa shape index (κ2) is 11.1. The maximum atomic E-state index is 12.1. The Balaban J connectivity index is 1.72. The molecule has 4 aromatic carbocycles. The van der Waals surface area contributed by atoms with Gasteiger partial charge in [0, 0.05) is 0 Å². The van der Waals surface area contributed by atoms with Crippen molar-refractivity contribution in [3.8, 4) is 34.1 Å². The largest absolute Gasteiger partial charge is 0.456 e. The second-order valence-electron chi connectivity index (χ2n) is 8.37. The third-order valence-corrected chi connectivity index (χ3v) is 8.96. The molecule has 0 spiro atoms. The van der Waals surface area contributed by atoms with Gasteiger partial charge >= 0.3 is 0 Å². The van der Waals surface area contributed by atoms with Crippen LogP contribution in [0.3, 0.4) is 0 Å². The molecule has 0 atom stereocenters. The molecule has 0 aliphatic rings. The van der Waals surface area contributed by atoms with E-state index in [-0.39, 0.29) is 34.1 Å². The fourth-order valence-corrected chi connectivity index (χ4v) is 5.80. The van der Waals surface area contributed by atoms with E-state index < -0.39 is 60.1 Å². The van der Waals surface area contributed by atoms with Crippen LogP contribution in [-0.2, 0) is 40.5 Å². The smallest absolute Gasteiger partial charge is 0.298 e. The lowest BCUT2D eigenvalue weighted by molar-refractivity contribution is 0.447. The predicted octanol–water partition coefficient (Wildman–Crippen LogP) is 3.93. The van der Waals surface area contributed by atoms with Gasteiger partial charge in [-0.2, -0.15) is 33.7 Å². The Labute approximate surface area is 239 Å². The van der Waals surface area contributed by atoms with E-state index in [0.29, 0.717) is 0 Å². The molecule has 0 bridgehead atoms. The Hall–Kier alpha value is -3.88. The second-order valence-corrected chi connectivity index (χ2v) is 14.0. The van der Waals surface area contributed by atoms with Crippen LogP contribution in [0.2, 0.25) is 0 Å². The first-order valence-corrected chi connectivity index (χ1v) is 16.8. The van der Waals surface area contributed by atoms with Gasteiger partial charge < -0.3 is 9.47 Å². The van der Waals surface area contributed by atoms with Crippen molar-refractivity contribution in [2.45, 2.75) is 19.6 Å². The topological polar surface area (TPSA) is 236 Å². The molecule has 0 heterocycles. The van der Waals surface area contributed by atoms with Crippen LogP contribution in [0.4, 0.5) is 0 Å². The summed E-state index contributed by atoms with van der Waals surface area (Å²) in [5, 5.41) is 0. The van der Waals surface area contributed by atoms with Crippen molar-refractivity contribution < 1.29 is 61.4 Å². The van der Waals surface area contributed by atoms with E-state index in [1.165, 1.54) is 12.1 Å². The van der Waals surface area contributed by atoms with Gasteiger partial charge in [0.25, 0.3) is 40.5 Å². The lowest BCUT2D eigenvalue weighted by Crippen LogP contribution is -2.03. The Morgan fingerprint density at radius 2 is 0.714 bits per heavy atom. The highest BCUT2D eigenvalue weighted by Gasteiger charge is 2.22. The molecule has 4 rings (SSSR count). The van der Waals surface area contributed by atoms with E-state index >= 15 is 0 Å². The molecule has 0 radical (unpaired) electrons. The van der Waals surface area contributed by atoms with Crippen molar-refractivity contribution in [3.63, 3.8) is 0 Å². The molecule has 0 aliphatic heterocycles. The molecule has 18 heteroatoms. The quantitative estimate of drug-likeness (QED) is 0.187. The number of benzene rings is 4. The van der Waals surface area contributed by atoms with E-state index in [2.05, 4.69) is 0 Å². The van der Waals surface area contributed by atoms with Crippen molar-refractivity contribution >= 4 is 40.5 Å². The molecule has 4 N–H and O–H groups in total. The van der Waals surface area contributed by atoms with Gasteiger partial charge in [0.15, 0.2) is 0 Å². The predicted molar refractivity (Wildman–Crippen MR) is 144 cm³/mol. The van der Waals surface area contributed by atoms with E-state index in [4.69, 9.17) is 18.6 Å². The van der Waals surface area contributed by atoms with Gasteiger partial charge in [0.2, 0.25) is 0 Å². The average Bonchev–Trinajstić information content (AvgIpc) is 2.87. The molecule has 0 aliphatic carbocycles. The molecular formula is C24H18O14S4. The van der Waals surface area contributed by atoms with Crippen molar-refractivity contribution in [2.24, 2.45) is 0 Å². The molecule has 0 amide bonds. The minimum Gasteiger partial charge on any atom is -0.456 e. The van der Waals surface area contributed by atoms with Crippen LogP contribution < -0.4 is 9.47 Å². The summed E-state index contributed by atoms with van der Waals surface area (Å²) in [6, 6.07) is 15.2. The summed E-state index contributed by atoms with van der Waals surface area (Å²) in [4.78, 5) is -2.38. The summed E-state index contributed by atoms with van der Waals surface area (Å²) in [7, 11) is -18.9. The standard InChI is InChI=1S/C24H18O14S4/c25-39(26,27)19-7-3-17(4-8-19)37-21-11-1-15(13-23(21)41(31,32)33)16-2-12-22(24(14-16)42(34,35)36)38-18-5-9-20(10-6-18)40(28,29)30/h1-14H,(H,25,26,27)(H,28,29,30)(H,31,32,33)(H,34,35,36). The number of hydrogen-bond acceptors (Lipinski definition) is 10. The minimum absolute atomic E-state index is 0.0469. The number of rotatable bonds is 9. The lowest BCUT2D eigenvalue weighted by atomic mass is 10.1. The van der Waals surface area contributed by atoms with Crippen molar-refractivity contribution in [1.29, 1.82) is 0 Å². The monoisotopic (exact) mass is 658 g/mol. The van der Waals surface area contributed by atoms with Crippen LogP contribution >= 0.6 is 0 Å². The zero-order valence-electron chi connectivity index (χ0n) is 20.6. The fraction of sp³-hybridized carbons (Fsp3) is 0. The van der Waals surface area contributed by atoms with E-state index in [0.717, 1.165) is 72.8 Å². The molecule has 4 aromatic rings. The molecular weight excluding hydrogens is 641 g/mol. The summed E-state index contributed by atoms with van der Waals surface area (Å²) < 4.78 is 142. The van der Waals surface area contributed by atoms with E-state index in [1.54, 1.807) is 0 Å². The molecule has 0 aromatic heterocycles. The van der Waals surface area contributed by atoms with Crippen molar-refractivity contribution in [3.05, 3.63) is 84.9 Å². The summed E-state index contributed by atoms with van der Waals surface area (Å²) in [6.45, 7) is 0. The van der Waals surface area contributed by atoms with Crippen LogP contribution in [0.15, 0.2) is 105 Å². The van der Waals surface area contributed by atoms with Crippen LogP contribution in [0.1, 0.15) is 0 Å². The van der Waals surface area contributed by atoms with Gasteiger partial charge in [0.05, 0.1) is 9.79 Å². The third-order valence-electron chi connectivity index (χ3n) is 5.48. The highest BCUT2D eigenvalue weighted by atomic mass is 32.2. The first-order valence-electron chi connectivity index (χ1n) is 11.1. The molecule has 0 unspecified atom stereocenters. The van der Waals surface area contributed by atoms with Crippen molar-refractivity contribution in [1.82, 2.24) is 0 Å². The SMILES string of the molecule is O=S(=O)(O)c1ccc(Oc2ccc(-c3ccc(Oc4ccc(S(=O)(=O)O)cc4)c(S(=O)(=O)O)c3)cc2S(=O)(=O)O)cc1. The highest BCUT2D eigenvalue weighted by molar-refractivity contribution is 7.86. The molecule has 222 valence electrons. The molecule has 42 heavy (non-hydrogen) atoms. The average molecular weight is 659 g/mol. The summed E-state index contributed by atoms with van der Waals surface area (Å²) >= 11 is 0. The molecule has 14 nitrogen and oxygen atoms in total. The number of hydrogen-bond donors (Lipinski definition) is 4. The van der Waals surface area contributed by atoms with Gasteiger partial charge in [-0.05, 0) is 83.9 Å². The Kier molecular flexibility index (Phi) is 8.19. The first kappa shape index (κ1) is 31.1. The molecule has 0 saturated carbocycles. The number of ether oxygens (including phenoxy) is 2. The molecule has 0 saturated heterocycles. The molecule has 0 fully saturated rings. The van der Waals surface area contributed by atoms with E-state index in [1.807, 2.05) is 0 Å². The van der Waals surface area contributed by atoms with Gasteiger partial charge in [-0.25, -0.2) is 0 Å². The van der Waals surface area contributed by atoms with Gasteiger partial charge in [0.1, 0.15) is 32.8 Å². The zero-order chi connectivity index (χ0) is 31.1. The first-order chi connectivity index (χ1) is 19.3. The Bertz CT molecular complexity index is 1950. The summed E-state index contributed by atoms with van der Waals surface area (Å²) in [5.74, 6) is -0.882. The normalized spacial score (nSPS) is 12.6. The van der Waals surface area contributed by atoms with E-state index in [9.17, 15) is 42.8 Å². The maximum absolute atomic E-state index is 12.1. The maximum Gasteiger partial charge on any atom is 0.298 e. The zero-order valence-corrected chi connectivity index (χ0v) is 23.9. The summed E-state index contributed by atoms with van der Waals surface area (Å²) in [6.07, 6.45) is 0. The van der Waals surface area contributed by atoms with Crippen LogP contribution in [-0.4, -0.2) is 51.9 Å². The van der Waals surface area contributed by atoms with Gasteiger partial charge in [-0.1, -0.05) is 12.1 Å². The van der Waals surface area contributed by atoms with Gasteiger partial charge in [-0.15, -0.1) is 0 Å². The third kappa shape index (κ3) is 7.30. The van der Waals surface area contributed by atoms with Crippen LogP contribution in [0.5, 0.6) is 23.0 Å². The van der Waals surface area contributed by atoms with Crippen LogP contribution in [0, 0.1) is 0 Å². The van der Waals surface area contributed by atoms with Gasteiger partial charge in [-0.3, -0.25) is 18.2 Å². The highest BCUT2D eigenvalue weighted by Crippen LogP contribution is 2.37. The minimum atomic E-state index is -4.93. The Morgan fingerprint density at radius 3 is 0.976 bits per heavy atom. The fourth-order valence-electron chi connectivity index (χ4n) is 3.56.